The Kier molecular flexibility index (Phi) is 3.69. The van der Waals surface area contributed by atoms with Crippen LogP contribution in [0.15, 0.2) is 24.5 Å². The number of aromatic nitrogens is 2. The summed E-state index contributed by atoms with van der Waals surface area (Å²) in [5.41, 5.74) is 3.04. The normalized spacial score (nSPS) is 17.2. The van der Waals surface area contributed by atoms with Gasteiger partial charge < -0.3 is 10.1 Å². The Labute approximate surface area is 117 Å². The molecule has 1 unspecified atom stereocenters. The lowest BCUT2D eigenvalue weighted by atomic mass is 10.1. The standard InChI is InChI=1S/C15H18FN3O/c1-20-14-5-3-11-12(15(14)16)2-4-13(11)17-7-6-10-8-18-19-9-10/h3,5,8-9,13,17H,2,4,6-7H2,1H3,(H,18,19). The first-order chi connectivity index (χ1) is 9.79. The van der Waals surface area contributed by atoms with Crippen LogP contribution in [-0.2, 0) is 12.8 Å². The van der Waals surface area contributed by atoms with E-state index in [1.807, 2.05) is 18.5 Å². The summed E-state index contributed by atoms with van der Waals surface area (Å²) in [5, 5.41) is 10.2. The molecule has 0 saturated heterocycles. The lowest BCUT2D eigenvalue weighted by Gasteiger charge is -2.14. The molecule has 0 fully saturated rings. The van der Waals surface area contributed by atoms with Crippen LogP contribution in [0, 0.1) is 5.82 Å². The third kappa shape index (κ3) is 2.41. The van der Waals surface area contributed by atoms with Crippen molar-refractivity contribution in [1.29, 1.82) is 0 Å². The summed E-state index contributed by atoms with van der Waals surface area (Å²) in [7, 11) is 1.50. The summed E-state index contributed by atoms with van der Waals surface area (Å²) in [6.45, 7) is 0.858. The van der Waals surface area contributed by atoms with Crippen molar-refractivity contribution in [2.45, 2.75) is 25.3 Å². The van der Waals surface area contributed by atoms with Crippen LogP contribution in [0.3, 0.4) is 0 Å². The number of rotatable bonds is 5. The van der Waals surface area contributed by atoms with Crippen molar-refractivity contribution in [3.63, 3.8) is 0 Å². The summed E-state index contributed by atoms with van der Waals surface area (Å²) in [6, 6.07) is 3.92. The van der Waals surface area contributed by atoms with Gasteiger partial charge >= 0.3 is 0 Å². The lowest BCUT2D eigenvalue weighted by Crippen LogP contribution is -2.21. The first kappa shape index (κ1) is 13.1. The molecule has 1 aliphatic carbocycles. The number of nitrogens with one attached hydrogen (secondary N) is 2. The molecule has 106 valence electrons. The Morgan fingerprint density at radius 2 is 2.40 bits per heavy atom. The second-order valence-electron chi connectivity index (χ2n) is 5.05. The molecule has 3 rings (SSSR count). The quantitative estimate of drug-likeness (QED) is 0.881. The van der Waals surface area contributed by atoms with Crippen LogP contribution in [0.1, 0.15) is 29.2 Å². The van der Waals surface area contributed by atoms with E-state index >= 15 is 0 Å². The predicted molar refractivity (Wildman–Crippen MR) is 74.3 cm³/mol. The fraction of sp³-hybridized carbons (Fsp3) is 0.400. The second kappa shape index (κ2) is 5.63. The largest absolute Gasteiger partial charge is 0.494 e. The van der Waals surface area contributed by atoms with Gasteiger partial charge in [-0.15, -0.1) is 0 Å². The van der Waals surface area contributed by atoms with Gasteiger partial charge in [-0.1, -0.05) is 6.07 Å². The van der Waals surface area contributed by atoms with Gasteiger partial charge in [0.1, 0.15) is 0 Å². The average Bonchev–Trinajstić information content (AvgIpc) is 3.10. The molecule has 1 aromatic heterocycles. The molecule has 2 N–H and O–H groups in total. The minimum absolute atomic E-state index is 0.205. The number of methoxy groups -OCH3 is 1. The average molecular weight is 275 g/mol. The highest BCUT2D eigenvalue weighted by Crippen LogP contribution is 2.36. The van der Waals surface area contributed by atoms with Crippen LogP contribution in [0.4, 0.5) is 4.39 Å². The second-order valence-corrected chi connectivity index (χ2v) is 5.05. The van der Waals surface area contributed by atoms with Gasteiger partial charge in [-0.05, 0) is 48.6 Å². The van der Waals surface area contributed by atoms with E-state index < -0.39 is 0 Å². The molecule has 5 heteroatoms. The minimum Gasteiger partial charge on any atom is -0.494 e. The number of halogens is 1. The molecule has 1 heterocycles. The van der Waals surface area contributed by atoms with Crippen LogP contribution < -0.4 is 10.1 Å². The van der Waals surface area contributed by atoms with Crippen molar-refractivity contribution >= 4 is 0 Å². The number of ether oxygens (including phenoxy) is 1. The van der Waals surface area contributed by atoms with Gasteiger partial charge in [0.15, 0.2) is 11.6 Å². The Balaban J connectivity index is 1.65. The van der Waals surface area contributed by atoms with Crippen molar-refractivity contribution in [2.75, 3.05) is 13.7 Å². The van der Waals surface area contributed by atoms with Crippen molar-refractivity contribution in [3.8, 4) is 5.75 Å². The highest BCUT2D eigenvalue weighted by Gasteiger charge is 2.26. The maximum Gasteiger partial charge on any atom is 0.168 e. The summed E-state index contributed by atoms with van der Waals surface area (Å²) >= 11 is 0. The van der Waals surface area contributed by atoms with E-state index in [2.05, 4.69) is 15.5 Å². The SMILES string of the molecule is COc1ccc2c(c1F)CCC2NCCc1cn[nH]c1. The maximum atomic E-state index is 14.1. The van der Waals surface area contributed by atoms with E-state index in [4.69, 9.17) is 4.74 Å². The molecule has 1 atom stereocenters. The molecule has 0 saturated carbocycles. The van der Waals surface area contributed by atoms with E-state index in [-0.39, 0.29) is 11.9 Å². The third-order valence-corrected chi connectivity index (χ3v) is 3.88. The van der Waals surface area contributed by atoms with Gasteiger partial charge in [0, 0.05) is 12.2 Å². The summed E-state index contributed by atoms with van der Waals surface area (Å²) in [4.78, 5) is 0. The van der Waals surface area contributed by atoms with E-state index in [1.54, 1.807) is 6.07 Å². The number of hydrogen-bond donors (Lipinski definition) is 2. The fourth-order valence-electron chi connectivity index (χ4n) is 2.81. The molecule has 0 radical (unpaired) electrons. The molecule has 0 aliphatic heterocycles. The predicted octanol–water partition coefficient (Wildman–Crippen LogP) is 2.38. The third-order valence-electron chi connectivity index (χ3n) is 3.88. The van der Waals surface area contributed by atoms with Crippen LogP contribution in [0.25, 0.3) is 0 Å². The fourth-order valence-corrected chi connectivity index (χ4v) is 2.81. The van der Waals surface area contributed by atoms with Gasteiger partial charge in [-0.25, -0.2) is 4.39 Å². The van der Waals surface area contributed by atoms with Crippen molar-refractivity contribution in [1.82, 2.24) is 15.5 Å². The number of benzene rings is 1. The van der Waals surface area contributed by atoms with Gasteiger partial charge in [0.2, 0.25) is 0 Å². The van der Waals surface area contributed by atoms with Gasteiger partial charge in [0.25, 0.3) is 0 Å². The summed E-state index contributed by atoms with van der Waals surface area (Å²) in [6.07, 6.45) is 6.34. The molecule has 4 nitrogen and oxygen atoms in total. The zero-order chi connectivity index (χ0) is 13.9. The molecule has 1 aliphatic rings. The molecule has 2 aromatic rings. The Morgan fingerprint density at radius 3 is 3.15 bits per heavy atom. The Bertz CT molecular complexity index is 583. The van der Waals surface area contributed by atoms with Crippen LogP contribution >= 0.6 is 0 Å². The number of hydrogen-bond acceptors (Lipinski definition) is 3. The van der Waals surface area contributed by atoms with E-state index in [1.165, 1.54) is 12.7 Å². The first-order valence-corrected chi connectivity index (χ1v) is 6.86. The van der Waals surface area contributed by atoms with Crippen molar-refractivity contribution in [3.05, 3.63) is 47.0 Å². The maximum absolute atomic E-state index is 14.1. The molecule has 0 amide bonds. The molecule has 0 spiro atoms. The summed E-state index contributed by atoms with van der Waals surface area (Å²) < 4.78 is 19.2. The molecule has 20 heavy (non-hydrogen) atoms. The topological polar surface area (TPSA) is 49.9 Å². The van der Waals surface area contributed by atoms with E-state index in [0.717, 1.165) is 36.9 Å². The highest BCUT2D eigenvalue weighted by atomic mass is 19.1. The lowest BCUT2D eigenvalue weighted by molar-refractivity contribution is 0.384. The van der Waals surface area contributed by atoms with Crippen molar-refractivity contribution in [2.24, 2.45) is 0 Å². The highest BCUT2D eigenvalue weighted by molar-refractivity contribution is 5.42. The van der Waals surface area contributed by atoms with Gasteiger partial charge in [-0.3, -0.25) is 5.10 Å². The first-order valence-electron chi connectivity index (χ1n) is 6.86. The summed E-state index contributed by atoms with van der Waals surface area (Å²) in [5.74, 6) is 0.131. The molecular weight excluding hydrogens is 257 g/mol. The minimum atomic E-state index is -0.205. The number of H-pyrrole nitrogens is 1. The molecule has 1 aromatic carbocycles. The van der Waals surface area contributed by atoms with Crippen LogP contribution in [0.5, 0.6) is 5.75 Å². The Morgan fingerprint density at radius 1 is 1.50 bits per heavy atom. The molecular formula is C15H18FN3O. The monoisotopic (exact) mass is 275 g/mol. The number of nitrogens with zero attached hydrogens (tertiary/aromatic N) is 1. The van der Waals surface area contributed by atoms with Crippen LogP contribution in [-0.4, -0.2) is 23.9 Å². The zero-order valence-corrected chi connectivity index (χ0v) is 11.4. The van der Waals surface area contributed by atoms with Gasteiger partial charge in [0.05, 0.1) is 13.3 Å². The van der Waals surface area contributed by atoms with Gasteiger partial charge in [-0.2, -0.15) is 5.10 Å². The van der Waals surface area contributed by atoms with Crippen LogP contribution in [0.2, 0.25) is 0 Å². The number of aromatic amines is 1. The number of fused-ring (bicyclic) bond motifs is 1. The van der Waals surface area contributed by atoms with Crippen molar-refractivity contribution < 1.29 is 9.13 Å². The zero-order valence-electron chi connectivity index (χ0n) is 11.4. The van der Waals surface area contributed by atoms with E-state index in [0.29, 0.717) is 5.75 Å². The smallest absolute Gasteiger partial charge is 0.168 e. The Hall–Kier alpha value is -1.88. The van der Waals surface area contributed by atoms with E-state index in [9.17, 15) is 4.39 Å². The molecule has 0 bridgehead atoms.